The van der Waals surface area contributed by atoms with E-state index in [1.165, 1.54) is 0 Å². The van der Waals surface area contributed by atoms with Gasteiger partial charge in [0.2, 0.25) is 11.8 Å². The summed E-state index contributed by atoms with van der Waals surface area (Å²) in [5.41, 5.74) is -0.799. The van der Waals surface area contributed by atoms with Crippen LogP contribution in [0.5, 0.6) is 0 Å². The summed E-state index contributed by atoms with van der Waals surface area (Å²) in [5, 5.41) is 6.62. The molecule has 1 N–H and O–H groups in total. The SMILES string of the molecule is CNC(=O)CC1(COC)CN(C(=O)Cn2cccn2)CCO1. The number of amides is 2. The zero-order valence-electron chi connectivity index (χ0n) is 12.9. The maximum absolute atomic E-state index is 12.4. The molecule has 0 aliphatic carbocycles. The Kier molecular flexibility index (Phi) is 5.51. The van der Waals surface area contributed by atoms with Crippen LogP contribution in [-0.2, 0) is 25.6 Å². The van der Waals surface area contributed by atoms with Crippen molar-refractivity contribution < 1.29 is 19.1 Å². The highest BCUT2D eigenvalue weighted by Gasteiger charge is 2.40. The number of methoxy groups -OCH3 is 1. The number of nitrogens with one attached hydrogen (secondary N) is 1. The van der Waals surface area contributed by atoms with Crippen molar-refractivity contribution in [1.82, 2.24) is 20.0 Å². The molecule has 2 rings (SSSR count). The zero-order valence-corrected chi connectivity index (χ0v) is 12.9. The van der Waals surface area contributed by atoms with Crippen LogP contribution >= 0.6 is 0 Å². The maximum Gasteiger partial charge on any atom is 0.244 e. The summed E-state index contributed by atoms with van der Waals surface area (Å²) in [4.78, 5) is 25.8. The van der Waals surface area contributed by atoms with E-state index in [0.29, 0.717) is 19.7 Å². The van der Waals surface area contributed by atoms with E-state index >= 15 is 0 Å². The normalized spacial score (nSPS) is 21.6. The average Bonchev–Trinajstić information content (AvgIpc) is 3.00. The molecule has 1 aliphatic heterocycles. The minimum Gasteiger partial charge on any atom is -0.382 e. The van der Waals surface area contributed by atoms with Gasteiger partial charge in [0, 0.05) is 33.1 Å². The van der Waals surface area contributed by atoms with Crippen molar-refractivity contribution in [2.24, 2.45) is 0 Å². The van der Waals surface area contributed by atoms with Crippen LogP contribution < -0.4 is 5.32 Å². The summed E-state index contributed by atoms with van der Waals surface area (Å²) in [6.07, 6.45) is 3.53. The lowest BCUT2D eigenvalue weighted by atomic mass is 9.97. The van der Waals surface area contributed by atoms with Crippen LogP contribution in [0.25, 0.3) is 0 Å². The minimum absolute atomic E-state index is 0.0515. The van der Waals surface area contributed by atoms with Crippen LogP contribution in [0.15, 0.2) is 18.5 Å². The van der Waals surface area contributed by atoms with E-state index in [9.17, 15) is 9.59 Å². The van der Waals surface area contributed by atoms with Gasteiger partial charge in [0.15, 0.2) is 0 Å². The third kappa shape index (κ3) is 4.05. The number of ether oxygens (including phenoxy) is 2. The molecule has 1 fully saturated rings. The summed E-state index contributed by atoms with van der Waals surface area (Å²) in [6.45, 7) is 1.64. The van der Waals surface area contributed by atoms with E-state index in [2.05, 4.69) is 10.4 Å². The Balaban J connectivity index is 2.04. The second-order valence-corrected chi connectivity index (χ2v) is 5.33. The standard InChI is InChI=1S/C14H22N4O4/c1-15-12(19)8-14(11-21-2)10-17(6-7-22-14)13(20)9-18-5-3-4-16-18/h3-5H,6-11H2,1-2H3,(H,15,19). The summed E-state index contributed by atoms with van der Waals surface area (Å²) in [5.74, 6) is -0.192. The molecule has 22 heavy (non-hydrogen) atoms. The van der Waals surface area contributed by atoms with Gasteiger partial charge in [-0.3, -0.25) is 14.3 Å². The van der Waals surface area contributed by atoms with E-state index in [1.807, 2.05) is 0 Å². The third-order valence-electron chi connectivity index (χ3n) is 3.63. The predicted molar refractivity (Wildman–Crippen MR) is 78.0 cm³/mol. The lowest BCUT2D eigenvalue weighted by Crippen LogP contribution is -2.57. The molecule has 2 heterocycles. The molecule has 0 saturated carbocycles. The van der Waals surface area contributed by atoms with E-state index < -0.39 is 5.60 Å². The molecule has 1 saturated heterocycles. The van der Waals surface area contributed by atoms with Gasteiger partial charge in [-0.2, -0.15) is 5.10 Å². The number of aromatic nitrogens is 2. The zero-order chi connectivity index (χ0) is 16.0. The summed E-state index contributed by atoms with van der Waals surface area (Å²) < 4.78 is 12.6. The third-order valence-corrected chi connectivity index (χ3v) is 3.63. The van der Waals surface area contributed by atoms with Gasteiger partial charge in [0.05, 0.1) is 26.2 Å². The Labute approximate surface area is 129 Å². The molecule has 8 nitrogen and oxygen atoms in total. The Morgan fingerprint density at radius 2 is 2.32 bits per heavy atom. The fourth-order valence-corrected chi connectivity index (χ4v) is 2.58. The van der Waals surface area contributed by atoms with Crippen LogP contribution in [0.3, 0.4) is 0 Å². The van der Waals surface area contributed by atoms with E-state index in [-0.39, 0.29) is 31.4 Å². The summed E-state index contributed by atoms with van der Waals surface area (Å²) in [6, 6.07) is 1.77. The lowest BCUT2D eigenvalue weighted by Gasteiger charge is -2.42. The average molecular weight is 310 g/mol. The molecule has 122 valence electrons. The van der Waals surface area contributed by atoms with Gasteiger partial charge < -0.3 is 19.7 Å². The maximum atomic E-state index is 12.4. The first-order valence-electron chi connectivity index (χ1n) is 7.17. The van der Waals surface area contributed by atoms with Crippen LogP contribution in [0, 0.1) is 0 Å². The van der Waals surface area contributed by atoms with Gasteiger partial charge in [-0.05, 0) is 6.07 Å². The van der Waals surface area contributed by atoms with E-state index in [1.54, 1.807) is 42.2 Å². The molecular weight excluding hydrogens is 288 g/mol. The summed E-state index contributed by atoms with van der Waals surface area (Å²) in [7, 11) is 3.13. The lowest BCUT2D eigenvalue weighted by molar-refractivity contribution is -0.167. The van der Waals surface area contributed by atoms with Crippen LogP contribution in [-0.4, -0.2) is 72.6 Å². The van der Waals surface area contributed by atoms with Crippen molar-refractivity contribution in [3.05, 3.63) is 18.5 Å². The summed E-state index contributed by atoms with van der Waals surface area (Å²) >= 11 is 0. The van der Waals surface area contributed by atoms with Crippen molar-refractivity contribution in [3.8, 4) is 0 Å². The molecule has 2 amide bonds. The minimum atomic E-state index is -0.799. The Bertz CT molecular complexity index is 501. The van der Waals surface area contributed by atoms with Gasteiger partial charge in [0.1, 0.15) is 12.1 Å². The molecule has 0 aromatic carbocycles. The molecule has 1 unspecified atom stereocenters. The number of rotatable bonds is 6. The van der Waals surface area contributed by atoms with E-state index in [0.717, 1.165) is 0 Å². The first kappa shape index (κ1) is 16.4. The smallest absolute Gasteiger partial charge is 0.244 e. The van der Waals surface area contributed by atoms with Gasteiger partial charge in [-0.15, -0.1) is 0 Å². The Morgan fingerprint density at radius 3 is 2.95 bits per heavy atom. The highest BCUT2D eigenvalue weighted by atomic mass is 16.5. The molecule has 1 atom stereocenters. The van der Waals surface area contributed by atoms with Gasteiger partial charge in [-0.1, -0.05) is 0 Å². The van der Waals surface area contributed by atoms with Gasteiger partial charge in [0.25, 0.3) is 0 Å². The van der Waals surface area contributed by atoms with Gasteiger partial charge >= 0.3 is 0 Å². The highest BCUT2D eigenvalue weighted by Crippen LogP contribution is 2.23. The molecule has 8 heteroatoms. The number of morpholine rings is 1. The molecule has 1 aliphatic rings. The number of nitrogens with zero attached hydrogens (tertiary/aromatic N) is 3. The molecule has 1 aromatic rings. The second-order valence-electron chi connectivity index (χ2n) is 5.33. The Hall–Kier alpha value is -1.93. The predicted octanol–water partition coefficient (Wildman–Crippen LogP) is -0.737. The molecule has 0 spiro atoms. The number of carbonyl (C=O) groups excluding carboxylic acids is 2. The van der Waals surface area contributed by atoms with Crippen LogP contribution in [0.2, 0.25) is 0 Å². The first-order chi connectivity index (χ1) is 10.6. The van der Waals surface area contributed by atoms with Crippen molar-refractivity contribution in [1.29, 1.82) is 0 Å². The van der Waals surface area contributed by atoms with Crippen molar-refractivity contribution in [2.75, 3.05) is 40.5 Å². The number of hydrogen-bond acceptors (Lipinski definition) is 5. The van der Waals surface area contributed by atoms with Crippen molar-refractivity contribution >= 4 is 11.8 Å². The quantitative estimate of drug-likeness (QED) is 0.748. The number of hydrogen-bond donors (Lipinski definition) is 1. The molecule has 0 radical (unpaired) electrons. The molecule has 1 aromatic heterocycles. The molecular formula is C14H22N4O4. The Morgan fingerprint density at radius 1 is 1.50 bits per heavy atom. The van der Waals surface area contributed by atoms with Crippen LogP contribution in [0.4, 0.5) is 0 Å². The first-order valence-corrected chi connectivity index (χ1v) is 7.17. The fourth-order valence-electron chi connectivity index (χ4n) is 2.58. The van der Waals surface area contributed by atoms with Crippen molar-refractivity contribution in [2.45, 2.75) is 18.6 Å². The highest BCUT2D eigenvalue weighted by molar-refractivity contribution is 5.78. The number of carbonyl (C=O) groups is 2. The second kappa shape index (κ2) is 7.37. The molecule has 0 bridgehead atoms. The van der Waals surface area contributed by atoms with Crippen LogP contribution in [0.1, 0.15) is 6.42 Å². The van der Waals surface area contributed by atoms with E-state index in [4.69, 9.17) is 9.47 Å². The van der Waals surface area contributed by atoms with Crippen molar-refractivity contribution in [3.63, 3.8) is 0 Å². The van der Waals surface area contributed by atoms with Gasteiger partial charge in [-0.25, -0.2) is 0 Å². The fraction of sp³-hybridized carbons (Fsp3) is 0.643. The topological polar surface area (TPSA) is 85.7 Å². The largest absolute Gasteiger partial charge is 0.382 e. The monoisotopic (exact) mass is 310 g/mol.